The zero-order chi connectivity index (χ0) is 22.0. The van der Waals surface area contributed by atoms with E-state index in [0.717, 1.165) is 16.8 Å². The van der Waals surface area contributed by atoms with E-state index in [-0.39, 0.29) is 5.56 Å². The number of nitrogens with zero attached hydrogens (tertiary/aromatic N) is 3. The molecule has 8 heteroatoms. The van der Waals surface area contributed by atoms with E-state index >= 15 is 0 Å². The lowest BCUT2D eigenvalue weighted by molar-refractivity contribution is -0.123. The summed E-state index contributed by atoms with van der Waals surface area (Å²) in [6.07, 6.45) is 1.97. The molecule has 31 heavy (non-hydrogen) atoms. The molecule has 1 amide bonds. The van der Waals surface area contributed by atoms with Crippen LogP contribution in [0.2, 0.25) is 5.02 Å². The Morgan fingerprint density at radius 2 is 1.90 bits per heavy atom. The number of halogens is 1. The fraction of sp³-hybridized carbons (Fsp3) is 0.130. The van der Waals surface area contributed by atoms with Crippen LogP contribution in [-0.4, -0.2) is 32.6 Å². The van der Waals surface area contributed by atoms with Gasteiger partial charge in [-0.05, 0) is 37.6 Å². The van der Waals surface area contributed by atoms with Gasteiger partial charge in [0.05, 0.1) is 11.9 Å². The number of esters is 1. The van der Waals surface area contributed by atoms with Gasteiger partial charge in [-0.3, -0.25) is 4.79 Å². The van der Waals surface area contributed by atoms with E-state index in [1.54, 1.807) is 28.9 Å². The Morgan fingerprint density at radius 1 is 1.13 bits per heavy atom. The quantitative estimate of drug-likeness (QED) is 0.466. The summed E-state index contributed by atoms with van der Waals surface area (Å²) in [4.78, 5) is 29.5. The third-order valence-electron chi connectivity index (χ3n) is 4.80. The first-order valence-corrected chi connectivity index (χ1v) is 9.98. The van der Waals surface area contributed by atoms with Gasteiger partial charge in [0.2, 0.25) is 0 Å². The number of carbonyl (C=O) groups excluding carboxylic acids is 2. The van der Waals surface area contributed by atoms with Crippen molar-refractivity contribution in [3.8, 4) is 11.3 Å². The minimum absolute atomic E-state index is 0.177. The molecule has 0 spiro atoms. The number of aryl methyl sites for hydroxylation is 1. The smallest absolute Gasteiger partial charge is 0.344 e. The van der Waals surface area contributed by atoms with Crippen molar-refractivity contribution in [2.75, 3.05) is 5.32 Å². The van der Waals surface area contributed by atoms with Crippen LogP contribution < -0.4 is 5.32 Å². The SMILES string of the molecule is Cc1ccc(Cl)cc1NC(=O)C(C)OC(=O)c1cnn2c(-c3ccccc3)ccnc12. The maximum Gasteiger partial charge on any atom is 0.344 e. The monoisotopic (exact) mass is 434 g/mol. The van der Waals surface area contributed by atoms with Crippen LogP contribution in [0.3, 0.4) is 0 Å². The van der Waals surface area contributed by atoms with Crippen LogP contribution in [-0.2, 0) is 9.53 Å². The van der Waals surface area contributed by atoms with Crippen molar-refractivity contribution in [3.63, 3.8) is 0 Å². The zero-order valence-electron chi connectivity index (χ0n) is 16.9. The third kappa shape index (κ3) is 4.27. The van der Waals surface area contributed by atoms with Gasteiger partial charge in [-0.25, -0.2) is 14.3 Å². The average molecular weight is 435 g/mol. The van der Waals surface area contributed by atoms with E-state index in [1.807, 2.05) is 43.3 Å². The summed E-state index contributed by atoms with van der Waals surface area (Å²) in [5.74, 6) is -1.15. The number of fused-ring (bicyclic) bond motifs is 1. The largest absolute Gasteiger partial charge is 0.449 e. The Morgan fingerprint density at radius 3 is 2.68 bits per heavy atom. The first-order chi connectivity index (χ1) is 14.9. The Balaban J connectivity index is 1.53. The van der Waals surface area contributed by atoms with Crippen LogP contribution in [0.15, 0.2) is 67.0 Å². The van der Waals surface area contributed by atoms with Gasteiger partial charge >= 0.3 is 5.97 Å². The van der Waals surface area contributed by atoms with E-state index < -0.39 is 18.0 Å². The summed E-state index contributed by atoms with van der Waals surface area (Å²) < 4.78 is 6.95. The molecule has 7 nitrogen and oxygen atoms in total. The molecule has 0 saturated heterocycles. The number of hydrogen-bond acceptors (Lipinski definition) is 5. The van der Waals surface area contributed by atoms with Crippen LogP contribution >= 0.6 is 11.6 Å². The molecule has 2 aromatic carbocycles. The lowest BCUT2D eigenvalue weighted by Gasteiger charge is -2.14. The van der Waals surface area contributed by atoms with Gasteiger partial charge in [0, 0.05) is 22.5 Å². The molecule has 1 unspecified atom stereocenters. The Kier molecular flexibility index (Phi) is 5.68. The van der Waals surface area contributed by atoms with Gasteiger partial charge in [-0.2, -0.15) is 5.10 Å². The standard InChI is InChI=1S/C23H19ClN4O3/c1-14-8-9-17(24)12-19(14)27-22(29)15(2)31-23(30)18-13-26-28-20(10-11-25-21(18)28)16-6-4-3-5-7-16/h3-13,15H,1-2H3,(H,27,29). The minimum Gasteiger partial charge on any atom is -0.449 e. The molecular formula is C23H19ClN4O3. The second-order valence-corrected chi connectivity index (χ2v) is 7.42. The fourth-order valence-electron chi connectivity index (χ4n) is 3.10. The topological polar surface area (TPSA) is 85.6 Å². The molecule has 1 atom stereocenters. The highest BCUT2D eigenvalue weighted by Crippen LogP contribution is 2.22. The number of benzene rings is 2. The van der Waals surface area contributed by atoms with Crippen molar-refractivity contribution in [1.29, 1.82) is 0 Å². The van der Waals surface area contributed by atoms with E-state index in [2.05, 4.69) is 15.4 Å². The summed E-state index contributed by atoms with van der Waals surface area (Å²) in [7, 11) is 0. The van der Waals surface area contributed by atoms with Crippen molar-refractivity contribution < 1.29 is 14.3 Å². The van der Waals surface area contributed by atoms with Crippen molar-refractivity contribution in [3.05, 3.63) is 83.1 Å². The van der Waals surface area contributed by atoms with Gasteiger partial charge < -0.3 is 10.1 Å². The molecule has 0 fully saturated rings. The summed E-state index contributed by atoms with van der Waals surface area (Å²) >= 11 is 5.99. The van der Waals surface area contributed by atoms with Crippen molar-refractivity contribution in [2.45, 2.75) is 20.0 Å². The predicted molar refractivity (Wildman–Crippen MR) is 118 cm³/mol. The molecule has 156 valence electrons. The molecule has 0 aliphatic rings. The molecule has 4 aromatic rings. The zero-order valence-corrected chi connectivity index (χ0v) is 17.6. The normalized spacial score (nSPS) is 11.8. The number of ether oxygens (including phenoxy) is 1. The van der Waals surface area contributed by atoms with Crippen molar-refractivity contribution >= 4 is 34.8 Å². The van der Waals surface area contributed by atoms with Crippen LogP contribution in [0.1, 0.15) is 22.8 Å². The van der Waals surface area contributed by atoms with Gasteiger partial charge in [0.25, 0.3) is 5.91 Å². The summed E-state index contributed by atoms with van der Waals surface area (Å²) in [6, 6.07) is 16.6. The Hall–Kier alpha value is -3.71. The van der Waals surface area contributed by atoms with Crippen LogP contribution in [0.25, 0.3) is 16.9 Å². The van der Waals surface area contributed by atoms with Gasteiger partial charge in [-0.1, -0.05) is 48.0 Å². The lowest BCUT2D eigenvalue weighted by atomic mass is 10.1. The highest BCUT2D eigenvalue weighted by Gasteiger charge is 2.23. The number of rotatable bonds is 5. The summed E-state index contributed by atoms with van der Waals surface area (Å²) in [6.45, 7) is 3.35. The molecule has 2 aromatic heterocycles. The number of aromatic nitrogens is 3. The predicted octanol–water partition coefficient (Wildman–Crippen LogP) is 4.54. The second kappa shape index (κ2) is 8.57. The van der Waals surface area contributed by atoms with E-state index in [9.17, 15) is 9.59 Å². The van der Waals surface area contributed by atoms with Crippen LogP contribution in [0, 0.1) is 6.92 Å². The number of nitrogens with one attached hydrogen (secondary N) is 1. The number of anilines is 1. The van der Waals surface area contributed by atoms with Gasteiger partial charge in [-0.15, -0.1) is 0 Å². The number of carbonyl (C=O) groups is 2. The Labute approximate surface area is 183 Å². The average Bonchev–Trinajstić information content (AvgIpc) is 3.21. The number of hydrogen-bond donors (Lipinski definition) is 1. The highest BCUT2D eigenvalue weighted by atomic mass is 35.5. The lowest BCUT2D eigenvalue weighted by Crippen LogP contribution is -2.30. The summed E-state index contributed by atoms with van der Waals surface area (Å²) in [5, 5.41) is 7.52. The molecule has 0 saturated carbocycles. The molecule has 2 heterocycles. The van der Waals surface area contributed by atoms with Gasteiger partial charge in [0.1, 0.15) is 5.56 Å². The molecule has 4 rings (SSSR count). The van der Waals surface area contributed by atoms with Crippen LogP contribution in [0.5, 0.6) is 0 Å². The molecule has 0 aliphatic heterocycles. The van der Waals surface area contributed by atoms with Crippen molar-refractivity contribution in [1.82, 2.24) is 14.6 Å². The van der Waals surface area contributed by atoms with Crippen LogP contribution in [0.4, 0.5) is 5.69 Å². The van der Waals surface area contributed by atoms with Crippen molar-refractivity contribution in [2.24, 2.45) is 0 Å². The Bertz CT molecular complexity index is 1270. The molecule has 0 aliphatic carbocycles. The minimum atomic E-state index is -1.03. The molecular weight excluding hydrogens is 416 g/mol. The fourth-order valence-corrected chi connectivity index (χ4v) is 3.28. The second-order valence-electron chi connectivity index (χ2n) is 6.99. The van der Waals surface area contributed by atoms with E-state index in [0.29, 0.717) is 16.4 Å². The van der Waals surface area contributed by atoms with Gasteiger partial charge in [0.15, 0.2) is 11.8 Å². The maximum absolute atomic E-state index is 12.7. The third-order valence-corrected chi connectivity index (χ3v) is 5.04. The molecule has 0 radical (unpaired) electrons. The first kappa shape index (κ1) is 20.6. The maximum atomic E-state index is 12.7. The highest BCUT2D eigenvalue weighted by molar-refractivity contribution is 6.31. The first-order valence-electron chi connectivity index (χ1n) is 9.60. The number of amides is 1. The summed E-state index contributed by atoms with van der Waals surface area (Å²) in [5.41, 5.74) is 3.65. The van der Waals surface area contributed by atoms with E-state index in [1.165, 1.54) is 13.1 Å². The molecule has 0 bridgehead atoms. The molecule has 1 N–H and O–H groups in total. The van der Waals surface area contributed by atoms with E-state index in [4.69, 9.17) is 16.3 Å².